The highest BCUT2D eigenvalue weighted by Crippen LogP contribution is 2.36. The van der Waals surface area contributed by atoms with Gasteiger partial charge in [0.05, 0.1) is 16.7 Å². The highest BCUT2D eigenvalue weighted by atomic mass is 16.6. The molecule has 0 amide bonds. The van der Waals surface area contributed by atoms with Gasteiger partial charge in [0.15, 0.2) is 0 Å². The van der Waals surface area contributed by atoms with Crippen molar-refractivity contribution in [3.8, 4) is 0 Å². The van der Waals surface area contributed by atoms with E-state index in [1.165, 1.54) is 11.8 Å². The van der Waals surface area contributed by atoms with E-state index in [0.717, 1.165) is 5.69 Å². The first-order valence-electron chi connectivity index (χ1n) is 8.29. The molecule has 0 saturated heterocycles. The standard InChI is InChI=1S/C20H20N2O4/c1-20(2,3)13-8-10-14(11-9-13)21-12-17(22(24)25)18-15-6-4-5-7-16(15)19(23)26-18/h4-12,18,21H,1-3H3/b17-12+. The topological polar surface area (TPSA) is 81.5 Å². The first kappa shape index (κ1) is 17.7. The van der Waals surface area contributed by atoms with E-state index in [1.54, 1.807) is 24.3 Å². The Balaban J connectivity index is 1.86. The highest BCUT2D eigenvalue weighted by Gasteiger charge is 2.39. The molecule has 0 bridgehead atoms. The number of anilines is 1. The molecular weight excluding hydrogens is 332 g/mol. The second-order valence-corrected chi connectivity index (χ2v) is 7.17. The Labute approximate surface area is 151 Å². The Morgan fingerprint density at radius 1 is 1.15 bits per heavy atom. The molecular formula is C20H20N2O4. The predicted molar refractivity (Wildman–Crippen MR) is 98.4 cm³/mol. The zero-order valence-corrected chi connectivity index (χ0v) is 14.9. The minimum Gasteiger partial charge on any atom is -0.442 e. The summed E-state index contributed by atoms with van der Waals surface area (Å²) in [7, 11) is 0. The van der Waals surface area contributed by atoms with Gasteiger partial charge in [0.2, 0.25) is 6.10 Å². The zero-order valence-electron chi connectivity index (χ0n) is 14.9. The van der Waals surface area contributed by atoms with Crippen LogP contribution in [-0.4, -0.2) is 10.9 Å². The quantitative estimate of drug-likeness (QED) is 0.500. The Hall–Kier alpha value is -3.15. The molecule has 0 spiro atoms. The van der Waals surface area contributed by atoms with Crippen molar-refractivity contribution in [2.24, 2.45) is 0 Å². The van der Waals surface area contributed by atoms with E-state index >= 15 is 0 Å². The van der Waals surface area contributed by atoms with Crippen LogP contribution in [0.2, 0.25) is 0 Å². The molecule has 6 heteroatoms. The third-order valence-electron chi connectivity index (χ3n) is 4.31. The average Bonchev–Trinajstić information content (AvgIpc) is 2.92. The molecule has 1 aliphatic heterocycles. The van der Waals surface area contributed by atoms with Crippen LogP contribution in [0.15, 0.2) is 60.4 Å². The van der Waals surface area contributed by atoms with E-state index in [9.17, 15) is 14.9 Å². The minimum atomic E-state index is -1.02. The molecule has 0 aliphatic carbocycles. The second-order valence-electron chi connectivity index (χ2n) is 7.17. The highest BCUT2D eigenvalue weighted by molar-refractivity contribution is 5.94. The molecule has 1 N–H and O–H groups in total. The van der Waals surface area contributed by atoms with Gasteiger partial charge >= 0.3 is 11.7 Å². The lowest BCUT2D eigenvalue weighted by Crippen LogP contribution is -2.12. The van der Waals surface area contributed by atoms with Gasteiger partial charge in [-0.3, -0.25) is 10.1 Å². The minimum absolute atomic E-state index is 0.0299. The maximum Gasteiger partial charge on any atom is 0.339 e. The van der Waals surface area contributed by atoms with Crippen molar-refractivity contribution >= 4 is 11.7 Å². The molecule has 2 aromatic carbocycles. The summed E-state index contributed by atoms with van der Waals surface area (Å²) in [5, 5.41) is 14.4. The number of ether oxygens (including phenoxy) is 1. The van der Waals surface area contributed by atoms with Crippen LogP contribution in [0.25, 0.3) is 0 Å². The number of fused-ring (bicyclic) bond motifs is 1. The number of nitro groups is 1. The van der Waals surface area contributed by atoms with Crippen LogP contribution in [0.3, 0.4) is 0 Å². The molecule has 0 saturated carbocycles. The van der Waals surface area contributed by atoms with Crippen LogP contribution in [-0.2, 0) is 10.2 Å². The number of nitrogens with zero attached hydrogens (tertiary/aromatic N) is 1. The van der Waals surface area contributed by atoms with Crippen LogP contribution in [0.4, 0.5) is 5.69 Å². The number of hydrogen-bond donors (Lipinski definition) is 1. The monoisotopic (exact) mass is 352 g/mol. The number of hydrogen-bond acceptors (Lipinski definition) is 5. The van der Waals surface area contributed by atoms with Gasteiger partial charge in [-0.05, 0) is 29.2 Å². The SMILES string of the molecule is CC(C)(C)c1ccc(N/C=C(\C2OC(=O)c3ccccc32)[N+](=O)[O-])cc1. The third kappa shape index (κ3) is 3.44. The van der Waals surface area contributed by atoms with E-state index in [4.69, 9.17) is 4.74 Å². The van der Waals surface area contributed by atoms with Gasteiger partial charge in [0.1, 0.15) is 0 Å². The number of rotatable bonds is 4. The van der Waals surface area contributed by atoms with Gasteiger partial charge in [-0.2, -0.15) is 0 Å². The first-order chi connectivity index (χ1) is 12.3. The number of benzene rings is 2. The van der Waals surface area contributed by atoms with Gasteiger partial charge in [0.25, 0.3) is 0 Å². The average molecular weight is 352 g/mol. The predicted octanol–water partition coefficient (Wildman–Crippen LogP) is 4.43. The molecule has 0 radical (unpaired) electrons. The molecule has 134 valence electrons. The molecule has 2 aromatic rings. The second kappa shape index (κ2) is 6.63. The van der Waals surface area contributed by atoms with Crippen molar-refractivity contribution in [1.82, 2.24) is 0 Å². The van der Waals surface area contributed by atoms with Crippen LogP contribution >= 0.6 is 0 Å². The van der Waals surface area contributed by atoms with Crippen molar-refractivity contribution < 1.29 is 14.5 Å². The van der Waals surface area contributed by atoms with Crippen molar-refractivity contribution in [2.75, 3.05) is 5.32 Å². The summed E-state index contributed by atoms with van der Waals surface area (Å²) in [6, 6.07) is 14.4. The Morgan fingerprint density at radius 3 is 2.42 bits per heavy atom. The summed E-state index contributed by atoms with van der Waals surface area (Å²) < 4.78 is 5.22. The summed E-state index contributed by atoms with van der Waals surface area (Å²) in [5.41, 5.74) is 2.56. The molecule has 26 heavy (non-hydrogen) atoms. The van der Waals surface area contributed by atoms with Crippen molar-refractivity contribution in [3.05, 3.63) is 87.2 Å². The van der Waals surface area contributed by atoms with Crippen LogP contribution in [0, 0.1) is 10.1 Å². The lowest BCUT2D eigenvalue weighted by molar-refractivity contribution is -0.436. The van der Waals surface area contributed by atoms with Gasteiger partial charge in [-0.15, -0.1) is 0 Å². The number of carbonyl (C=O) groups is 1. The Kier molecular flexibility index (Phi) is 4.50. The van der Waals surface area contributed by atoms with Gasteiger partial charge < -0.3 is 10.1 Å². The van der Waals surface area contributed by atoms with Crippen molar-refractivity contribution in [3.63, 3.8) is 0 Å². The summed E-state index contributed by atoms with van der Waals surface area (Å²) in [6.45, 7) is 6.35. The molecule has 1 atom stereocenters. The fourth-order valence-corrected chi connectivity index (χ4v) is 2.81. The number of nitrogens with one attached hydrogen (secondary N) is 1. The summed E-state index contributed by atoms with van der Waals surface area (Å²) in [5.74, 6) is -0.548. The van der Waals surface area contributed by atoms with Crippen LogP contribution < -0.4 is 5.32 Å². The van der Waals surface area contributed by atoms with Gasteiger partial charge in [-0.25, -0.2) is 4.79 Å². The Bertz CT molecular complexity index is 879. The molecule has 0 fully saturated rings. The molecule has 1 aliphatic rings. The zero-order chi connectivity index (χ0) is 18.9. The molecule has 1 heterocycles. The third-order valence-corrected chi connectivity index (χ3v) is 4.31. The first-order valence-corrected chi connectivity index (χ1v) is 8.29. The summed E-state index contributed by atoms with van der Waals surface area (Å²) in [4.78, 5) is 22.9. The number of cyclic esters (lactones) is 1. The summed E-state index contributed by atoms with van der Waals surface area (Å²) in [6.07, 6.45) is 0.265. The summed E-state index contributed by atoms with van der Waals surface area (Å²) >= 11 is 0. The smallest absolute Gasteiger partial charge is 0.339 e. The maximum atomic E-state index is 11.9. The van der Waals surface area contributed by atoms with Gasteiger partial charge in [-0.1, -0.05) is 51.1 Å². The molecule has 3 rings (SSSR count). The molecule has 1 unspecified atom stereocenters. The number of esters is 1. The Morgan fingerprint density at radius 2 is 1.81 bits per heavy atom. The normalized spacial score (nSPS) is 16.8. The van der Waals surface area contributed by atoms with Gasteiger partial charge in [0, 0.05) is 11.3 Å². The van der Waals surface area contributed by atoms with E-state index in [1.807, 2.05) is 24.3 Å². The van der Waals surface area contributed by atoms with E-state index < -0.39 is 17.0 Å². The fraction of sp³-hybridized carbons (Fsp3) is 0.250. The van der Waals surface area contributed by atoms with Crippen molar-refractivity contribution in [2.45, 2.75) is 32.3 Å². The van der Waals surface area contributed by atoms with E-state index in [-0.39, 0.29) is 11.1 Å². The van der Waals surface area contributed by atoms with Crippen molar-refractivity contribution in [1.29, 1.82) is 0 Å². The maximum absolute atomic E-state index is 11.9. The van der Waals surface area contributed by atoms with Crippen LogP contribution in [0.1, 0.15) is 48.4 Å². The van der Waals surface area contributed by atoms with Crippen LogP contribution in [0.5, 0.6) is 0 Å². The fourth-order valence-electron chi connectivity index (χ4n) is 2.81. The largest absolute Gasteiger partial charge is 0.442 e. The number of carbonyl (C=O) groups excluding carboxylic acids is 1. The molecule has 6 nitrogen and oxygen atoms in total. The lowest BCUT2D eigenvalue weighted by atomic mass is 9.87. The molecule has 0 aromatic heterocycles. The van der Waals surface area contributed by atoms with E-state index in [0.29, 0.717) is 11.1 Å². The van der Waals surface area contributed by atoms with E-state index in [2.05, 4.69) is 26.1 Å². The lowest BCUT2D eigenvalue weighted by Gasteiger charge is -2.19.